The normalized spacial score (nSPS) is 29.9. The maximum Gasteiger partial charge on any atom is 0.0689 e. The summed E-state index contributed by atoms with van der Waals surface area (Å²) in [5.74, 6) is 0.784. The van der Waals surface area contributed by atoms with Crippen LogP contribution in [0.3, 0.4) is 0 Å². The molecule has 0 spiro atoms. The molecule has 0 unspecified atom stereocenters. The van der Waals surface area contributed by atoms with Crippen LogP contribution in [0.2, 0.25) is 0 Å². The van der Waals surface area contributed by atoms with E-state index in [1.165, 1.54) is 12.8 Å². The molecule has 1 rings (SSSR count). The minimum Gasteiger partial charge on any atom is -0.385 e. The van der Waals surface area contributed by atoms with Gasteiger partial charge in [0.05, 0.1) is 11.5 Å². The molecule has 1 saturated carbocycles. The molecule has 0 amide bonds. The average Bonchev–Trinajstić information content (AvgIpc) is 2.29. The molecule has 0 atom stereocenters. The topological polar surface area (TPSA) is 33.0 Å². The lowest BCUT2D eigenvalue weighted by atomic mass is 9.63. The van der Waals surface area contributed by atoms with Gasteiger partial charge in [-0.2, -0.15) is 5.26 Å². The zero-order chi connectivity index (χ0) is 12.9. The van der Waals surface area contributed by atoms with Crippen LogP contribution in [0.5, 0.6) is 0 Å². The highest BCUT2D eigenvalue weighted by Gasteiger charge is 2.38. The van der Waals surface area contributed by atoms with Crippen LogP contribution in [-0.4, -0.2) is 13.7 Å². The number of nitrogens with zero attached hydrogens (tertiary/aromatic N) is 1. The number of methoxy groups -OCH3 is 1. The maximum atomic E-state index is 9.44. The van der Waals surface area contributed by atoms with Crippen LogP contribution in [0.1, 0.15) is 59.3 Å². The zero-order valence-corrected chi connectivity index (χ0v) is 11.9. The van der Waals surface area contributed by atoms with Crippen molar-refractivity contribution in [3.8, 4) is 6.07 Å². The highest BCUT2D eigenvalue weighted by molar-refractivity contribution is 5.02. The molecule has 0 aromatic carbocycles. The van der Waals surface area contributed by atoms with E-state index in [1.807, 2.05) is 0 Å². The van der Waals surface area contributed by atoms with Crippen molar-refractivity contribution in [3.05, 3.63) is 0 Å². The SMILES string of the molecule is COCCCC1(C#N)CCC(C(C)(C)C)CC1. The van der Waals surface area contributed by atoms with E-state index in [0.717, 1.165) is 38.2 Å². The molecule has 0 N–H and O–H groups in total. The Morgan fingerprint density at radius 3 is 2.29 bits per heavy atom. The number of hydrogen-bond donors (Lipinski definition) is 0. The fraction of sp³-hybridized carbons (Fsp3) is 0.933. The Labute approximate surface area is 106 Å². The molecule has 0 radical (unpaired) electrons. The van der Waals surface area contributed by atoms with Crippen molar-refractivity contribution in [1.82, 2.24) is 0 Å². The fourth-order valence-corrected chi connectivity index (χ4v) is 3.01. The first-order valence-electron chi connectivity index (χ1n) is 6.84. The van der Waals surface area contributed by atoms with Gasteiger partial charge in [0.1, 0.15) is 0 Å². The van der Waals surface area contributed by atoms with Crippen LogP contribution in [0.25, 0.3) is 0 Å². The number of hydrogen-bond acceptors (Lipinski definition) is 2. The summed E-state index contributed by atoms with van der Waals surface area (Å²) in [5.41, 5.74) is 0.342. The highest BCUT2D eigenvalue weighted by atomic mass is 16.5. The van der Waals surface area contributed by atoms with E-state index in [2.05, 4.69) is 26.8 Å². The Balaban J connectivity index is 2.49. The summed E-state index contributed by atoms with van der Waals surface area (Å²) in [6, 6.07) is 2.59. The molecule has 1 fully saturated rings. The predicted octanol–water partition coefficient (Wildman–Crippen LogP) is 4.16. The number of rotatable bonds is 4. The third-order valence-corrected chi connectivity index (χ3v) is 4.41. The number of ether oxygens (including phenoxy) is 1. The molecule has 1 aliphatic rings. The highest BCUT2D eigenvalue weighted by Crippen LogP contribution is 2.47. The third-order valence-electron chi connectivity index (χ3n) is 4.41. The lowest BCUT2D eigenvalue weighted by Gasteiger charge is -2.40. The summed E-state index contributed by atoms with van der Waals surface area (Å²) < 4.78 is 5.09. The van der Waals surface area contributed by atoms with Crippen LogP contribution in [-0.2, 0) is 4.74 Å². The van der Waals surface area contributed by atoms with Crippen LogP contribution in [0, 0.1) is 28.1 Å². The molecule has 2 heteroatoms. The van der Waals surface area contributed by atoms with Gasteiger partial charge in [-0.15, -0.1) is 0 Å². The van der Waals surface area contributed by atoms with Crippen LogP contribution >= 0.6 is 0 Å². The minimum absolute atomic E-state index is 0.0553. The standard InChI is InChI=1S/C15H27NO/c1-14(2,3)13-6-9-15(12-16,10-7-13)8-5-11-17-4/h13H,5-11H2,1-4H3. The summed E-state index contributed by atoms with van der Waals surface area (Å²) >= 11 is 0. The molecule has 98 valence electrons. The van der Waals surface area contributed by atoms with E-state index in [4.69, 9.17) is 4.74 Å². The van der Waals surface area contributed by atoms with Crippen molar-refractivity contribution in [2.24, 2.45) is 16.7 Å². The molecule has 0 bridgehead atoms. The van der Waals surface area contributed by atoms with E-state index in [9.17, 15) is 5.26 Å². The minimum atomic E-state index is -0.0553. The molecule has 0 heterocycles. The van der Waals surface area contributed by atoms with Gasteiger partial charge < -0.3 is 4.74 Å². The van der Waals surface area contributed by atoms with Crippen molar-refractivity contribution < 1.29 is 4.74 Å². The van der Waals surface area contributed by atoms with Gasteiger partial charge in [0.25, 0.3) is 0 Å². The second kappa shape index (κ2) is 5.87. The molecule has 17 heavy (non-hydrogen) atoms. The van der Waals surface area contributed by atoms with Crippen molar-refractivity contribution in [2.75, 3.05) is 13.7 Å². The largest absolute Gasteiger partial charge is 0.385 e. The maximum absolute atomic E-state index is 9.44. The van der Waals surface area contributed by atoms with Gasteiger partial charge in [0, 0.05) is 13.7 Å². The van der Waals surface area contributed by atoms with E-state index in [-0.39, 0.29) is 5.41 Å². The number of nitriles is 1. The van der Waals surface area contributed by atoms with Gasteiger partial charge in [-0.05, 0) is 49.9 Å². The predicted molar refractivity (Wildman–Crippen MR) is 70.6 cm³/mol. The van der Waals surface area contributed by atoms with E-state index >= 15 is 0 Å². The lowest BCUT2D eigenvalue weighted by molar-refractivity contribution is 0.105. The van der Waals surface area contributed by atoms with Crippen molar-refractivity contribution in [1.29, 1.82) is 5.26 Å². The van der Waals surface area contributed by atoms with Crippen molar-refractivity contribution in [3.63, 3.8) is 0 Å². The molecule has 0 aliphatic heterocycles. The van der Waals surface area contributed by atoms with E-state index < -0.39 is 0 Å². The molecular formula is C15H27NO. The molecule has 0 aromatic rings. The van der Waals surface area contributed by atoms with Crippen LogP contribution in [0.4, 0.5) is 0 Å². The molecule has 0 aromatic heterocycles. The lowest BCUT2D eigenvalue weighted by Crippen LogP contribution is -2.32. The fourth-order valence-electron chi connectivity index (χ4n) is 3.01. The van der Waals surface area contributed by atoms with Crippen LogP contribution < -0.4 is 0 Å². The molecule has 2 nitrogen and oxygen atoms in total. The molecular weight excluding hydrogens is 210 g/mol. The summed E-state index contributed by atoms with van der Waals surface area (Å²) in [5, 5.41) is 9.44. The van der Waals surface area contributed by atoms with Gasteiger partial charge in [0.15, 0.2) is 0 Å². The van der Waals surface area contributed by atoms with Crippen molar-refractivity contribution >= 4 is 0 Å². The van der Waals surface area contributed by atoms with Gasteiger partial charge in [-0.3, -0.25) is 0 Å². The monoisotopic (exact) mass is 237 g/mol. The first-order chi connectivity index (χ1) is 7.93. The smallest absolute Gasteiger partial charge is 0.0689 e. The Morgan fingerprint density at radius 1 is 1.29 bits per heavy atom. The van der Waals surface area contributed by atoms with Gasteiger partial charge >= 0.3 is 0 Å². The Kier molecular flexibility index (Phi) is 5.01. The third kappa shape index (κ3) is 4.00. The van der Waals surface area contributed by atoms with E-state index in [1.54, 1.807) is 7.11 Å². The summed E-state index contributed by atoms with van der Waals surface area (Å²) in [6.07, 6.45) is 6.61. The second-order valence-electron chi connectivity index (χ2n) is 6.63. The van der Waals surface area contributed by atoms with Gasteiger partial charge in [-0.25, -0.2) is 0 Å². The Bertz CT molecular complexity index is 264. The summed E-state index contributed by atoms with van der Waals surface area (Å²) in [6.45, 7) is 7.75. The average molecular weight is 237 g/mol. The van der Waals surface area contributed by atoms with Crippen molar-refractivity contribution in [2.45, 2.75) is 59.3 Å². The van der Waals surface area contributed by atoms with Crippen LogP contribution in [0.15, 0.2) is 0 Å². The van der Waals surface area contributed by atoms with E-state index in [0.29, 0.717) is 5.41 Å². The second-order valence-corrected chi connectivity index (χ2v) is 6.63. The first kappa shape index (κ1) is 14.5. The summed E-state index contributed by atoms with van der Waals surface area (Å²) in [4.78, 5) is 0. The van der Waals surface area contributed by atoms with Gasteiger partial charge in [0.2, 0.25) is 0 Å². The summed E-state index contributed by atoms with van der Waals surface area (Å²) in [7, 11) is 1.73. The Morgan fingerprint density at radius 2 is 1.88 bits per heavy atom. The first-order valence-corrected chi connectivity index (χ1v) is 6.84. The molecule has 0 saturated heterocycles. The zero-order valence-electron chi connectivity index (χ0n) is 11.9. The molecule has 1 aliphatic carbocycles. The van der Waals surface area contributed by atoms with Gasteiger partial charge in [-0.1, -0.05) is 20.8 Å². The quantitative estimate of drug-likeness (QED) is 0.688. The Hall–Kier alpha value is -0.550.